The molecule has 0 bridgehead atoms. The van der Waals surface area contributed by atoms with Crippen molar-refractivity contribution in [3.8, 4) is 5.75 Å². The Bertz CT molecular complexity index is 667. The number of hydrogen-bond acceptors (Lipinski definition) is 5. The van der Waals surface area contributed by atoms with Crippen LogP contribution in [0.2, 0.25) is 0 Å². The topological polar surface area (TPSA) is 85.5 Å². The van der Waals surface area contributed by atoms with Crippen molar-refractivity contribution in [3.63, 3.8) is 0 Å². The van der Waals surface area contributed by atoms with Crippen LogP contribution < -0.4 is 4.74 Å². The van der Waals surface area contributed by atoms with Crippen LogP contribution in [-0.2, 0) is 17.8 Å². The van der Waals surface area contributed by atoms with Crippen LogP contribution in [0.3, 0.4) is 0 Å². The van der Waals surface area contributed by atoms with Gasteiger partial charge in [0, 0.05) is 12.5 Å². The summed E-state index contributed by atoms with van der Waals surface area (Å²) in [6.07, 6.45) is 3.26. The minimum atomic E-state index is -0.990. The van der Waals surface area contributed by atoms with Gasteiger partial charge in [-0.05, 0) is 39.7 Å². The van der Waals surface area contributed by atoms with Crippen molar-refractivity contribution in [2.45, 2.75) is 20.0 Å². The van der Waals surface area contributed by atoms with E-state index in [4.69, 9.17) is 14.4 Å². The summed E-state index contributed by atoms with van der Waals surface area (Å²) < 4.78 is 11.3. The van der Waals surface area contributed by atoms with Gasteiger partial charge in [0.2, 0.25) is 11.7 Å². The highest BCUT2D eigenvalue weighted by molar-refractivity contribution is 9.10. The maximum Gasteiger partial charge on any atom is 0.328 e. The summed E-state index contributed by atoms with van der Waals surface area (Å²) in [6.45, 7) is 2.13. The van der Waals surface area contributed by atoms with Gasteiger partial charge < -0.3 is 14.4 Å². The molecule has 0 saturated carbocycles. The summed E-state index contributed by atoms with van der Waals surface area (Å²) >= 11 is 3.38. The molecule has 0 aliphatic rings. The fourth-order valence-corrected chi connectivity index (χ4v) is 2.05. The average molecular weight is 353 g/mol. The van der Waals surface area contributed by atoms with E-state index < -0.39 is 5.97 Å². The Kier molecular flexibility index (Phi) is 5.10. The zero-order chi connectivity index (χ0) is 15.2. The number of carbonyl (C=O) groups is 1. The van der Waals surface area contributed by atoms with Crippen molar-refractivity contribution in [1.82, 2.24) is 10.1 Å². The Morgan fingerprint density at radius 2 is 2.33 bits per heavy atom. The summed E-state index contributed by atoms with van der Waals surface area (Å²) in [5, 5.41) is 12.4. The van der Waals surface area contributed by atoms with Crippen molar-refractivity contribution in [2.75, 3.05) is 0 Å². The number of benzene rings is 1. The van der Waals surface area contributed by atoms with Gasteiger partial charge in [0.05, 0.1) is 4.47 Å². The third-order valence-electron chi connectivity index (χ3n) is 2.54. The lowest BCUT2D eigenvalue weighted by Gasteiger charge is -2.06. The van der Waals surface area contributed by atoms with E-state index in [9.17, 15) is 4.79 Å². The molecule has 0 atom stereocenters. The number of aryl methyl sites for hydroxylation is 1. The first-order chi connectivity index (χ1) is 10.1. The Balaban J connectivity index is 2.02. The maximum absolute atomic E-state index is 10.5. The van der Waals surface area contributed by atoms with Gasteiger partial charge in [-0.3, -0.25) is 0 Å². The molecule has 1 N–H and O–H groups in total. The zero-order valence-electron chi connectivity index (χ0n) is 11.2. The van der Waals surface area contributed by atoms with Crippen LogP contribution in [0.25, 0.3) is 6.08 Å². The number of halogens is 1. The molecule has 1 aromatic heterocycles. The van der Waals surface area contributed by atoms with Gasteiger partial charge in [-0.2, -0.15) is 4.98 Å². The number of aliphatic carboxylic acids is 1. The van der Waals surface area contributed by atoms with Gasteiger partial charge in [0.1, 0.15) is 5.75 Å². The van der Waals surface area contributed by atoms with E-state index in [1.807, 2.05) is 6.92 Å². The first kappa shape index (κ1) is 15.2. The van der Waals surface area contributed by atoms with E-state index in [0.29, 0.717) is 28.4 Å². The van der Waals surface area contributed by atoms with Crippen molar-refractivity contribution < 1.29 is 19.2 Å². The lowest BCUT2D eigenvalue weighted by atomic mass is 10.2. The standard InChI is InChI=1S/C14H13BrN2O4/c1-2-13-16-12(17-21-13)8-20-11-5-3-9(7-10(11)15)4-6-14(18)19/h3-7H,2,8H2,1H3,(H,18,19). The van der Waals surface area contributed by atoms with E-state index in [1.165, 1.54) is 6.08 Å². The molecule has 0 radical (unpaired) electrons. The summed E-state index contributed by atoms with van der Waals surface area (Å²) in [4.78, 5) is 14.6. The van der Waals surface area contributed by atoms with Crippen LogP contribution in [0.15, 0.2) is 33.3 Å². The molecule has 0 saturated heterocycles. The van der Waals surface area contributed by atoms with E-state index in [1.54, 1.807) is 18.2 Å². The number of carboxylic acids is 1. The SMILES string of the molecule is CCc1nc(COc2ccc(C=CC(=O)O)cc2Br)no1. The molecule has 1 heterocycles. The second-order valence-corrected chi connectivity index (χ2v) is 4.96. The molecule has 110 valence electrons. The molecule has 1 aromatic carbocycles. The van der Waals surface area contributed by atoms with Crippen LogP contribution in [0.5, 0.6) is 5.75 Å². The first-order valence-electron chi connectivity index (χ1n) is 6.23. The second kappa shape index (κ2) is 7.03. The molecule has 0 unspecified atom stereocenters. The molecular weight excluding hydrogens is 340 g/mol. The second-order valence-electron chi connectivity index (χ2n) is 4.11. The highest BCUT2D eigenvalue weighted by Gasteiger charge is 2.07. The van der Waals surface area contributed by atoms with E-state index in [-0.39, 0.29) is 6.61 Å². The molecule has 0 aliphatic heterocycles. The predicted octanol–water partition coefficient (Wildman–Crippen LogP) is 3.07. The summed E-state index contributed by atoms with van der Waals surface area (Å²) in [5.74, 6) is 0.677. The quantitative estimate of drug-likeness (QED) is 0.804. The molecule has 2 aromatic rings. The highest BCUT2D eigenvalue weighted by atomic mass is 79.9. The minimum absolute atomic E-state index is 0.201. The van der Waals surface area contributed by atoms with Crippen LogP contribution in [0.4, 0.5) is 0 Å². The van der Waals surface area contributed by atoms with Gasteiger partial charge in [-0.25, -0.2) is 4.79 Å². The third-order valence-corrected chi connectivity index (χ3v) is 3.16. The van der Waals surface area contributed by atoms with E-state index >= 15 is 0 Å². The average Bonchev–Trinajstić information content (AvgIpc) is 2.92. The fraction of sp³-hybridized carbons (Fsp3) is 0.214. The number of rotatable bonds is 6. The number of nitrogens with zero attached hydrogens (tertiary/aromatic N) is 2. The first-order valence-corrected chi connectivity index (χ1v) is 7.02. The maximum atomic E-state index is 10.5. The lowest BCUT2D eigenvalue weighted by Crippen LogP contribution is -1.98. The highest BCUT2D eigenvalue weighted by Crippen LogP contribution is 2.27. The number of hydrogen-bond donors (Lipinski definition) is 1. The molecule has 0 aliphatic carbocycles. The third kappa shape index (κ3) is 4.42. The Morgan fingerprint density at radius 3 is 2.95 bits per heavy atom. The summed E-state index contributed by atoms with van der Waals surface area (Å²) in [5.41, 5.74) is 0.754. The van der Waals surface area contributed by atoms with Crippen molar-refractivity contribution in [1.29, 1.82) is 0 Å². The van der Waals surface area contributed by atoms with Crippen LogP contribution in [0, 0.1) is 0 Å². The summed E-state index contributed by atoms with van der Waals surface area (Å²) in [7, 11) is 0. The predicted molar refractivity (Wildman–Crippen MR) is 78.8 cm³/mol. The smallest absolute Gasteiger partial charge is 0.328 e. The minimum Gasteiger partial charge on any atom is -0.484 e. The van der Waals surface area contributed by atoms with Gasteiger partial charge in [0.25, 0.3) is 0 Å². The van der Waals surface area contributed by atoms with Crippen molar-refractivity contribution in [2.24, 2.45) is 0 Å². The van der Waals surface area contributed by atoms with Gasteiger partial charge in [0.15, 0.2) is 6.61 Å². The van der Waals surface area contributed by atoms with E-state index in [2.05, 4.69) is 26.1 Å². The lowest BCUT2D eigenvalue weighted by molar-refractivity contribution is -0.131. The molecule has 7 heteroatoms. The Hall–Kier alpha value is -2.15. The van der Waals surface area contributed by atoms with Gasteiger partial charge >= 0.3 is 5.97 Å². The summed E-state index contributed by atoms with van der Waals surface area (Å²) in [6, 6.07) is 5.27. The Labute approximate surface area is 129 Å². The zero-order valence-corrected chi connectivity index (χ0v) is 12.8. The molecular formula is C14H13BrN2O4. The number of ether oxygens (including phenoxy) is 1. The number of aromatic nitrogens is 2. The largest absolute Gasteiger partial charge is 0.484 e. The molecule has 2 rings (SSSR count). The van der Waals surface area contributed by atoms with Crippen molar-refractivity contribution >= 4 is 28.0 Å². The van der Waals surface area contributed by atoms with Gasteiger partial charge in [-0.1, -0.05) is 18.1 Å². The normalized spacial score (nSPS) is 11.0. The van der Waals surface area contributed by atoms with Crippen LogP contribution in [0.1, 0.15) is 24.2 Å². The van der Waals surface area contributed by atoms with Crippen LogP contribution in [-0.4, -0.2) is 21.2 Å². The van der Waals surface area contributed by atoms with E-state index in [0.717, 1.165) is 11.6 Å². The Morgan fingerprint density at radius 1 is 1.52 bits per heavy atom. The molecule has 0 spiro atoms. The molecule has 0 fully saturated rings. The fourth-order valence-electron chi connectivity index (χ4n) is 1.54. The van der Waals surface area contributed by atoms with Crippen molar-refractivity contribution in [3.05, 3.63) is 46.0 Å². The molecule has 6 nitrogen and oxygen atoms in total. The molecule has 21 heavy (non-hydrogen) atoms. The van der Waals surface area contributed by atoms with Crippen LogP contribution >= 0.6 is 15.9 Å². The molecule has 0 amide bonds. The van der Waals surface area contributed by atoms with Gasteiger partial charge in [-0.15, -0.1) is 0 Å². The number of carboxylic acid groups (broad SMARTS) is 1. The monoisotopic (exact) mass is 352 g/mol.